The number of carbonyl (C=O) groups excluding carboxylic acids is 1. The summed E-state index contributed by atoms with van der Waals surface area (Å²) in [5, 5.41) is 9.22. The average molecular weight is 306 g/mol. The van der Waals surface area contributed by atoms with Crippen molar-refractivity contribution in [1.29, 1.82) is 0 Å². The average Bonchev–Trinajstić information content (AvgIpc) is 2.46. The zero-order valence-electron chi connectivity index (χ0n) is 11.9. The van der Waals surface area contributed by atoms with Crippen molar-refractivity contribution in [3.8, 4) is 0 Å². The maximum atomic E-state index is 12.5. The first kappa shape index (κ1) is 17.1. The van der Waals surface area contributed by atoms with Gasteiger partial charge in [-0.2, -0.15) is 11.8 Å². The second-order valence-electron chi connectivity index (χ2n) is 4.38. The molecule has 8 heteroatoms. The number of ether oxygens (including phenoxy) is 2. The summed E-state index contributed by atoms with van der Waals surface area (Å²) in [6.45, 7) is 2.13. The molecule has 1 aliphatic rings. The maximum Gasteiger partial charge on any atom is 0.327 e. The SMILES string of the molecule is COCCN(CCOC)C(=O)N1CCSCC1C(=O)O. The summed E-state index contributed by atoms with van der Waals surface area (Å²) in [6.07, 6.45) is 0. The Hall–Kier alpha value is -0.990. The van der Waals surface area contributed by atoms with Crippen LogP contribution in [-0.4, -0.2) is 91.5 Å². The van der Waals surface area contributed by atoms with E-state index in [1.165, 1.54) is 4.90 Å². The molecule has 1 unspecified atom stereocenters. The first-order valence-electron chi connectivity index (χ1n) is 6.45. The van der Waals surface area contributed by atoms with Gasteiger partial charge < -0.3 is 24.4 Å². The molecule has 0 bridgehead atoms. The topological polar surface area (TPSA) is 79.3 Å². The molecular formula is C12H22N2O5S. The van der Waals surface area contributed by atoms with Gasteiger partial charge in [0.1, 0.15) is 6.04 Å². The van der Waals surface area contributed by atoms with E-state index in [0.717, 1.165) is 5.75 Å². The van der Waals surface area contributed by atoms with Gasteiger partial charge in [0.05, 0.1) is 13.2 Å². The van der Waals surface area contributed by atoms with Crippen molar-refractivity contribution in [3.63, 3.8) is 0 Å². The fraction of sp³-hybridized carbons (Fsp3) is 0.833. The number of hydrogen-bond donors (Lipinski definition) is 1. The molecule has 2 amide bonds. The van der Waals surface area contributed by atoms with Gasteiger partial charge in [0.2, 0.25) is 0 Å². The lowest BCUT2D eigenvalue weighted by atomic mass is 10.3. The van der Waals surface area contributed by atoms with E-state index in [2.05, 4.69) is 0 Å². The number of urea groups is 1. The maximum absolute atomic E-state index is 12.5. The largest absolute Gasteiger partial charge is 0.480 e. The molecule has 1 aliphatic heterocycles. The van der Waals surface area contributed by atoms with Crippen LogP contribution in [0.1, 0.15) is 0 Å². The van der Waals surface area contributed by atoms with Crippen molar-refractivity contribution in [3.05, 3.63) is 0 Å². The fourth-order valence-electron chi connectivity index (χ4n) is 1.92. The molecular weight excluding hydrogens is 284 g/mol. The second-order valence-corrected chi connectivity index (χ2v) is 5.53. The molecule has 1 rings (SSSR count). The Morgan fingerprint density at radius 1 is 1.30 bits per heavy atom. The summed E-state index contributed by atoms with van der Waals surface area (Å²) in [7, 11) is 3.13. The van der Waals surface area contributed by atoms with Crippen LogP contribution in [-0.2, 0) is 14.3 Å². The van der Waals surface area contributed by atoms with Gasteiger partial charge in [-0.15, -0.1) is 0 Å². The molecule has 1 atom stereocenters. The van der Waals surface area contributed by atoms with Crippen LogP contribution in [0.2, 0.25) is 0 Å². The highest BCUT2D eigenvalue weighted by Gasteiger charge is 2.34. The molecule has 1 fully saturated rings. The standard InChI is InChI=1S/C12H22N2O5S/c1-18-6-3-13(4-7-19-2)12(17)14-5-8-20-9-10(14)11(15)16/h10H,3-9H2,1-2H3,(H,15,16). The smallest absolute Gasteiger partial charge is 0.327 e. The van der Waals surface area contributed by atoms with Crippen molar-refractivity contribution < 1.29 is 24.2 Å². The van der Waals surface area contributed by atoms with Crippen LogP contribution in [0.3, 0.4) is 0 Å². The molecule has 0 aromatic carbocycles. The molecule has 0 spiro atoms. The highest BCUT2D eigenvalue weighted by Crippen LogP contribution is 2.18. The normalized spacial score (nSPS) is 18.9. The number of amides is 2. The van der Waals surface area contributed by atoms with Gasteiger partial charge in [-0.05, 0) is 0 Å². The fourth-order valence-corrected chi connectivity index (χ4v) is 2.96. The van der Waals surface area contributed by atoms with Gasteiger partial charge in [0, 0.05) is 45.4 Å². The quantitative estimate of drug-likeness (QED) is 0.724. The number of methoxy groups -OCH3 is 2. The Kier molecular flexibility index (Phi) is 7.71. The molecule has 1 N–H and O–H groups in total. The number of carboxylic acid groups (broad SMARTS) is 1. The van der Waals surface area contributed by atoms with E-state index in [-0.39, 0.29) is 6.03 Å². The second kappa shape index (κ2) is 9.04. The van der Waals surface area contributed by atoms with Gasteiger partial charge in [0.15, 0.2) is 0 Å². The van der Waals surface area contributed by atoms with E-state index in [0.29, 0.717) is 38.6 Å². The summed E-state index contributed by atoms with van der Waals surface area (Å²) < 4.78 is 9.98. The molecule has 0 aromatic heterocycles. The Morgan fingerprint density at radius 2 is 1.90 bits per heavy atom. The molecule has 116 valence electrons. The molecule has 0 radical (unpaired) electrons. The predicted molar refractivity (Wildman–Crippen MR) is 76.2 cm³/mol. The van der Waals surface area contributed by atoms with Crippen molar-refractivity contribution in [2.75, 3.05) is 58.6 Å². The molecule has 0 aromatic rings. The van der Waals surface area contributed by atoms with Crippen molar-refractivity contribution >= 4 is 23.8 Å². The van der Waals surface area contributed by atoms with Gasteiger partial charge in [-0.3, -0.25) is 0 Å². The van der Waals surface area contributed by atoms with E-state index in [9.17, 15) is 14.7 Å². The Bertz CT molecular complexity index is 321. The minimum Gasteiger partial charge on any atom is -0.480 e. The van der Waals surface area contributed by atoms with Crippen LogP contribution in [0.4, 0.5) is 4.79 Å². The Morgan fingerprint density at radius 3 is 2.40 bits per heavy atom. The van der Waals surface area contributed by atoms with Crippen LogP contribution in [0.5, 0.6) is 0 Å². The number of carbonyl (C=O) groups is 2. The number of rotatable bonds is 7. The van der Waals surface area contributed by atoms with E-state index >= 15 is 0 Å². The third-order valence-electron chi connectivity index (χ3n) is 3.06. The summed E-state index contributed by atoms with van der Waals surface area (Å²) >= 11 is 1.56. The van der Waals surface area contributed by atoms with Gasteiger partial charge >= 0.3 is 12.0 Å². The van der Waals surface area contributed by atoms with Crippen LogP contribution < -0.4 is 0 Å². The summed E-state index contributed by atoms with van der Waals surface area (Å²) in [5.41, 5.74) is 0. The molecule has 1 heterocycles. The van der Waals surface area contributed by atoms with Crippen molar-refractivity contribution in [1.82, 2.24) is 9.80 Å². The number of carboxylic acids is 1. The molecule has 0 saturated carbocycles. The number of nitrogens with zero attached hydrogens (tertiary/aromatic N) is 2. The first-order valence-corrected chi connectivity index (χ1v) is 7.61. The molecule has 1 saturated heterocycles. The minimum atomic E-state index is -0.955. The third-order valence-corrected chi connectivity index (χ3v) is 4.08. The lowest BCUT2D eigenvalue weighted by Crippen LogP contribution is -2.55. The van der Waals surface area contributed by atoms with Gasteiger partial charge in [0.25, 0.3) is 0 Å². The van der Waals surface area contributed by atoms with Crippen LogP contribution >= 0.6 is 11.8 Å². The molecule has 20 heavy (non-hydrogen) atoms. The number of hydrogen-bond acceptors (Lipinski definition) is 5. The Labute approximate surface area is 123 Å². The highest BCUT2D eigenvalue weighted by molar-refractivity contribution is 7.99. The van der Waals surface area contributed by atoms with Gasteiger partial charge in [-0.25, -0.2) is 9.59 Å². The summed E-state index contributed by atoms with van der Waals surface area (Å²) in [4.78, 5) is 26.8. The van der Waals surface area contributed by atoms with Crippen LogP contribution in [0.15, 0.2) is 0 Å². The zero-order valence-corrected chi connectivity index (χ0v) is 12.7. The molecule has 7 nitrogen and oxygen atoms in total. The van der Waals surface area contributed by atoms with Crippen LogP contribution in [0.25, 0.3) is 0 Å². The summed E-state index contributed by atoms with van der Waals surface area (Å²) in [6, 6.07) is -1.01. The van der Waals surface area contributed by atoms with Crippen molar-refractivity contribution in [2.45, 2.75) is 6.04 Å². The predicted octanol–water partition coefficient (Wildman–Crippen LogP) is 0.203. The zero-order chi connectivity index (χ0) is 15.0. The van der Waals surface area contributed by atoms with Crippen molar-refractivity contribution in [2.24, 2.45) is 0 Å². The number of aliphatic carboxylic acids is 1. The van der Waals surface area contributed by atoms with E-state index < -0.39 is 12.0 Å². The highest BCUT2D eigenvalue weighted by atomic mass is 32.2. The lowest BCUT2D eigenvalue weighted by molar-refractivity contribution is -0.141. The van der Waals surface area contributed by atoms with E-state index in [4.69, 9.17) is 9.47 Å². The summed E-state index contributed by atoms with van der Waals surface area (Å²) in [5.74, 6) is 0.241. The van der Waals surface area contributed by atoms with E-state index in [1.54, 1.807) is 30.9 Å². The van der Waals surface area contributed by atoms with Gasteiger partial charge in [-0.1, -0.05) is 0 Å². The molecule has 0 aliphatic carbocycles. The monoisotopic (exact) mass is 306 g/mol. The van der Waals surface area contributed by atoms with Crippen LogP contribution in [0, 0.1) is 0 Å². The van der Waals surface area contributed by atoms with E-state index in [1.807, 2.05) is 0 Å². The lowest BCUT2D eigenvalue weighted by Gasteiger charge is -2.36. The number of thioether (sulfide) groups is 1. The first-order chi connectivity index (χ1) is 9.61. The minimum absolute atomic E-state index is 0.258. The Balaban J connectivity index is 2.71. The third kappa shape index (κ3) is 4.84.